The highest BCUT2D eigenvalue weighted by atomic mass is 16.5. The van der Waals surface area contributed by atoms with E-state index in [1.54, 1.807) is 0 Å². The number of aliphatic carboxylic acids is 1. The molecule has 2 aliphatic heterocycles. The summed E-state index contributed by atoms with van der Waals surface area (Å²) >= 11 is 0. The normalized spacial score (nSPS) is 16.7. The number of carboxylic acid groups (broad SMARTS) is 1. The number of morpholine rings is 2. The first-order valence-electron chi connectivity index (χ1n) is 13.2. The van der Waals surface area contributed by atoms with Gasteiger partial charge >= 0.3 is 5.97 Å². The van der Waals surface area contributed by atoms with Crippen molar-refractivity contribution in [2.45, 2.75) is 26.2 Å². The van der Waals surface area contributed by atoms with E-state index in [4.69, 9.17) is 9.47 Å². The van der Waals surface area contributed by atoms with Gasteiger partial charge in [-0.1, -0.05) is 12.1 Å². The second-order valence-electron chi connectivity index (χ2n) is 10.0. The molecule has 2 fully saturated rings. The molecule has 194 valence electrons. The van der Waals surface area contributed by atoms with Crippen LogP contribution in [-0.2, 0) is 27.1 Å². The van der Waals surface area contributed by atoms with Gasteiger partial charge in [0.05, 0.1) is 32.1 Å². The fraction of sp³-hybridized carbons (Fsp3) is 0.414. The van der Waals surface area contributed by atoms with Crippen molar-refractivity contribution in [3.05, 3.63) is 58.9 Å². The molecular weight excluding hydrogens is 468 g/mol. The van der Waals surface area contributed by atoms with Crippen LogP contribution >= 0.6 is 0 Å². The highest BCUT2D eigenvalue weighted by Gasteiger charge is 2.23. The maximum Gasteiger partial charge on any atom is 0.303 e. The summed E-state index contributed by atoms with van der Waals surface area (Å²) in [6.07, 6.45) is 1.40. The SMILES string of the molecule is Cc1[nH]c2ccc(Cc3cc4c(N5CCOCC5)cccc4[nH]3)c(N3CCOCC3)c2c1CCC(=O)O. The largest absolute Gasteiger partial charge is 0.481 e. The monoisotopic (exact) mass is 502 g/mol. The fourth-order valence-electron chi connectivity index (χ4n) is 5.92. The molecule has 8 nitrogen and oxygen atoms in total. The molecule has 0 aliphatic carbocycles. The molecule has 37 heavy (non-hydrogen) atoms. The van der Waals surface area contributed by atoms with Crippen LogP contribution in [0.3, 0.4) is 0 Å². The molecule has 4 heterocycles. The van der Waals surface area contributed by atoms with Crippen LogP contribution in [0.25, 0.3) is 21.8 Å². The summed E-state index contributed by atoms with van der Waals surface area (Å²) in [5.74, 6) is -0.771. The number of carboxylic acids is 1. The molecule has 0 atom stereocenters. The van der Waals surface area contributed by atoms with Gasteiger partial charge < -0.3 is 34.3 Å². The smallest absolute Gasteiger partial charge is 0.303 e. The van der Waals surface area contributed by atoms with Gasteiger partial charge in [-0.25, -0.2) is 0 Å². The quantitative estimate of drug-likeness (QED) is 0.350. The fourth-order valence-corrected chi connectivity index (χ4v) is 5.92. The van der Waals surface area contributed by atoms with Gasteiger partial charge in [-0.05, 0) is 48.7 Å². The molecule has 8 heteroatoms. The second-order valence-corrected chi connectivity index (χ2v) is 10.0. The van der Waals surface area contributed by atoms with Crippen LogP contribution in [0.15, 0.2) is 36.4 Å². The third-order valence-corrected chi connectivity index (χ3v) is 7.68. The van der Waals surface area contributed by atoms with Gasteiger partial charge in [0, 0.05) is 77.9 Å². The standard InChI is InChI=1S/C29H34N4O4/c1-19-22(6-8-27(34)35)28-25(30-19)7-5-20(29(28)33-11-15-37-16-12-33)17-21-18-23-24(31-21)3-2-4-26(23)32-9-13-36-14-10-32/h2-5,7,18,30-31H,6,8-17H2,1H3,(H,34,35). The maximum atomic E-state index is 11.4. The number of fused-ring (bicyclic) bond motifs is 2. The van der Waals surface area contributed by atoms with E-state index in [1.165, 1.54) is 28.0 Å². The Balaban J connectivity index is 1.42. The predicted molar refractivity (Wildman–Crippen MR) is 146 cm³/mol. The molecule has 2 aromatic heterocycles. The Kier molecular flexibility index (Phi) is 6.52. The zero-order chi connectivity index (χ0) is 25.4. The Morgan fingerprint density at radius 1 is 0.946 bits per heavy atom. The van der Waals surface area contributed by atoms with E-state index in [2.05, 4.69) is 56.2 Å². The average molecular weight is 503 g/mol. The highest BCUT2D eigenvalue weighted by Crippen LogP contribution is 2.38. The molecule has 0 amide bonds. The van der Waals surface area contributed by atoms with Crippen molar-refractivity contribution in [2.75, 3.05) is 62.4 Å². The van der Waals surface area contributed by atoms with E-state index in [0.29, 0.717) is 19.6 Å². The van der Waals surface area contributed by atoms with Crippen LogP contribution in [0.2, 0.25) is 0 Å². The molecule has 2 aliphatic rings. The second kappa shape index (κ2) is 10.1. The van der Waals surface area contributed by atoms with Crippen LogP contribution < -0.4 is 9.80 Å². The van der Waals surface area contributed by atoms with E-state index < -0.39 is 5.97 Å². The number of H-pyrrole nitrogens is 2. The summed E-state index contributed by atoms with van der Waals surface area (Å²) in [5, 5.41) is 11.8. The van der Waals surface area contributed by atoms with Gasteiger partial charge in [0.2, 0.25) is 0 Å². The van der Waals surface area contributed by atoms with Crippen molar-refractivity contribution in [1.29, 1.82) is 0 Å². The molecule has 0 radical (unpaired) electrons. The topological polar surface area (TPSA) is 93.8 Å². The van der Waals surface area contributed by atoms with Crippen molar-refractivity contribution in [3.63, 3.8) is 0 Å². The molecule has 3 N–H and O–H groups in total. The van der Waals surface area contributed by atoms with Gasteiger partial charge in [-0.15, -0.1) is 0 Å². The number of carbonyl (C=O) groups is 1. The molecule has 0 spiro atoms. The van der Waals surface area contributed by atoms with Gasteiger partial charge in [-0.2, -0.15) is 0 Å². The molecule has 0 unspecified atom stereocenters. The van der Waals surface area contributed by atoms with Crippen molar-refractivity contribution >= 4 is 39.1 Å². The summed E-state index contributed by atoms with van der Waals surface area (Å²) < 4.78 is 11.2. The van der Waals surface area contributed by atoms with Crippen molar-refractivity contribution in [3.8, 4) is 0 Å². The van der Waals surface area contributed by atoms with Gasteiger partial charge in [0.1, 0.15) is 0 Å². The molecule has 2 aromatic carbocycles. The maximum absolute atomic E-state index is 11.4. The Morgan fingerprint density at radius 3 is 2.41 bits per heavy atom. The lowest BCUT2D eigenvalue weighted by atomic mass is 9.97. The number of hydrogen-bond acceptors (Lipinski definition) is 5. The third-order valence-electron chi connectivity index (χ3n) is 7.68. The first-order valence-corrected chi connectivity index (χ1v) is 13.2. The Hall–Kier alpha value is -3.49. The van der Waals surface area contributed by atoms with E-state index in [9.17, 15) is 9.90 Å². The number of rotatable bonds is 7. The lowest BCUT2D eigenvalue weighted by molar-refractivity contribution is -0.136. The molecule has 0 saturated carbocycles. The van der Waals surface area contributed by atoms with Crippen molar-refractivity contribution < 1.29 is 19.4 Å². The van der Waals surface area contributed by atoms with E-state index in [-0.39, 0.29) is 6.42 Å². The molecule has 4 aromatic rings. The van der Waals surface area contributed by atoms with Gasteiger partial charge in [0.15, 0.2) is 0 Å². The summed E-state index contributed by atoms with van der Waals surface area (Å²) in [4.78, 5) is 23.4. The number of aromatic amines is 2. The highest BCUT2D eigenvalue weighted by molar-refractivity contribution is 5.99. The third kappa shape index (κ3) is 4.67. The number of nitrogens with one attached hydrogen (secondary N) is 2. The molecular formula is C29H34N4O4. The number of aryl methyl sites for hydroxylation is 2. The minimum atomic E-state index is -0.771. The number of ether oxygens (including phenoxy) is 2. The Labute approximate surface area is 216 Å². The first-order chi connectivity index (χ1) is 18.1. The first kappa shape index (κ1) is 23.9. The van der Waals surface area contributed by atoms with Crippen molar-refractivity contribution in [1.82, 2.24) is 9.97 Å². The lowest BCUT2D eigenvalue weighted by Crippen LogP contribution is -2.37. The minimum absolute atomic E-state index is 0.118. The Morgan fingerprint density at radius 2 is 1.68 bits per heavy atom. The molecule has 2 saturated heterocycles. The zero-order valence-electron chi connectivity index (χ0n) is 21.3. The summed E-state index contributed by atoms with van der Waals surface area (Å²) in [6.45, 7) is 8.41. The number of hydrogen-bond donors (Lipinski definition) is 3. The number of anilines is 2. The Bertz CT molecular complexity index is 1430. The lowest BCUT2D eigenvalue weighted by Gasteiger charge is -2.31. The zero-order valence-corrected chi connectivity index (χ0v) is 21.3. The number of benzene rings is 2. The van der Waals surface area contributed by atoms with Gasteiger partial charge in [0.25, 0.3) is 0 Å². The van der Waals surface area contributed by atoms with Crippen LogP contribution in [0.5, 0.6) is 0 Å². The summed E-state index contributed by atoms with van der Waals surface area (Å²) in [7, 11) is 0. The molecule has 6 rings (SSSR count). The van der Waals surface area contributed by atoms with E-state index >= 15 is 0 Å². The predicted octanol–water partition coefficient (Wildman–Crippen LogP) is 4.24. The van der Waals surface area contributed by atoms with E-state index in [0.717, 1.165) is 73.5 Å². The minimum Gasteiger partial charge on any atom is -0.481 e. The van der Waals surface area contributed by atoms with Crippen LogP contribution in [0.1, 0.15) is 28.9 Å². The van der Waals surface area contributed by atoms with Gasteiger partial charge in [-0.3, -0.25) is 4.79 Å². The molecule has 0 bridgehead atoms. The van der Waals surface area contributed by atoms with E-state index in [1.807, 2.05) is 6.92 Å². The average Bonchev–Trinajstić information content (AvgIpc) is 3.47. The van der Waals surface area contributed by atoms with Crippen LogP contribution in [0.4, 0.5) is 11.4 Å². The number of nitrogens with zero attached hydrogens (tertiary/aromatic N) is 2. The summed E-state index contributed by atoms with van der Waals surface area (Å²) in [5.41, 5.74) is 9.23. The van der Waals surface area contributed by atoms with Crippen LogP contribution in [0, 0.1) is 6.92 Å². The summed E-state index contributed by atoms with van der Waals surface area (Å²) in [6, 6.07) is 13.1. The van der Waals surface area contributed by atoms with Crippen molar-refractivity contribution in [2.24, 2.45) is 0 Å². The van der Waals surface area contributed by atoms with Crippen LogP contribution in [-0.4, -0.2) is 73.7 Å². The number of aromatic nitrogens is 2.